The Morgan fingerprint density at radius 2 is 2.00 bits per heavy atom. The maximum Gasteiger partial charge on any atom is 0.243 e. The molecule has 2 atom stereocenters. The lowest BCUT2D eigenvalue weighted by atomic mass is 9.93. The molecule has 3 N–H and O–H groups in total. The molecule has 1 aromatic heterocycles. The molecule has 1 aromatic carbocycles. The summed E-state index contributed by atoms with van der Waals surface area (Å²) in [5.74, 6) is 0.436. The van der Waals surface area contributed by atoms with Crippen LogP contribution in [0.5, 0.6) is 5.75 Å². The fraction of sp³-hybridized carbons (Fsp3) is 0.438. The average molecular weight is 335 g/mol. The van der Waals surface area contributed by atoms with Gasteiger partial charge in [0.1, 0.15) is 11.4 Å². The van der Waals surface area contributed by atoms with Crippen molar-refractivity contribution < 1.29 is 10.2 Å². The largest absolute Gasteiger partial charge is 0.507 e. The molecule has 0 radical (unpaired) electrons. The van der Waals surface area contributed by atoms with Crippen LogP contribution in [-0.4, -0.2) is 37.5 Å². The van der Waals surface area contributed by atoms with Gasteiger partial charge < -0.3 is 15.5 Å². The summed E-state index contributed by atoms with van der Waals surface area (Å²) < 4.78 is 0. The van der Waals surface area contributed by atoms with Crippen LogP contribution in [0.2, 0.25) is 5.02 Å². The van der Waals surface area contributed by atoms with Crippen LogP contribution in [0.15, 0.2) is 18.2 Å². The van der Waals surface area contributed by atoms with E-state index in [2.05, 4.69) is 20.5 Å². The zero-order chi connectivity index (χ0) is 16.4. The maximum atomic E-state index is 10.0. The smallest absolute Gasteiger partial charge is 0.243 e. The Hall–Kier alpha value is -1.92. The number of aliphatic hydroxyl groups is 1. The van der Waals surface area contributed by atoms with Crippen molar-refractivity contribution in [2.45, 2.75) is 44.8 Å². The van der Waals surface area contributed by atoms with Gasteiger partial charge in [-0.25, -0.2) is 4.98 Å². The van der Waals surface area contributed by atoms with Crippen molar-refractivity contribution in [3.05, 3.63) is 28.9 Å². The Bertz CT molecular complexity index is 710. The summed E-state index contributed by atoms with van der Waals surface area (Å²) in [4.78, 5) is 4.40. The van der Waals surface area contributed by atoms with E-state index in [1.54, 1.807) is 19.1 Å². The molecule has 0 aliphatic heterocycles. The van der Waals surface area contributed by atoms with Crippen LogP contribution in [0, 0.1) is 6.92 Å². The van der Waals surface area contributed by atoms with Crippen molar-refractivity contribution in [3.63, 3.8) is 0 Å². The van der Waals surface area contributed by atoms with Gasteiger partial charge in [-0.05, 0) is 38.0 Å². The van der Waals surface area contributed by atoms with Crippen LogP contribution in [0.25, 0.3) is 11.3 Å². The molecule has 7 heteroatoms. The van der Waals surface area contributed by atoms with E-state index in [1.807, 2.05) is 0 Å². The topological polar surface area (TPSA) is 91.2 Å². The molecule has 0 spiro atoms. The van der Waals surface area contributed by atoms with Crippen LogP contribution in [0.1, 0.15) is 31.4 Å². The SMILES string of the molecule is Cc1nc(NC2CCCCC2O)nnc1-c1ccc(Cl)cc1O. The number of rotatable bonds is 3. The maximum absolute atomic E-state index is 10.0. The number of halogens is 1. The number of aryl methyl sites for hydroxylation is 1. The molecular weight excluding hydrogens is 316 g/mol. The standard InChI is InChI=1S/C16H19ClN4O2/c1-9-15(11-7-6-10(17)8-14(11)23)20-21-16(18-9)19-12-4-2-3-5-13(12)22/h6-8,12-13,22-23H,2-5H2,1H3,(H,18,19,21). The average Bonchev–Trinajstić information content (AvgIpc) is 2.51. The summed E-state index contributed by atoms with van der Waals surface area (Å²) in [5, 5.41) is 31.9. The molecule has 3 rings (SSSR count). The third kappa shape index (κ3) is 3.54. The highest BCUT2D eigenvalue weighted by molar-refractivity contribution is 6.30. The predicted octanol–water partition coefficient (Wildman–Crippen LogP) is 2.92. The van der Waals surface area contributed by atoms with E-state index in [-0.39, 0.29) is 17.9 Å². The van der Waals surface area contributed by atoms with Crippen LogP contribution in [0.4, 0.5) is 5.95 Å². The van der Waals surface area contributed by atoms with E-state index < -0.39 is 0 Å². The Morgan fingerprint density at radius 3 is 2.70 bits per heavy atom. The highest BCUT2D eigenvalue weighted by Gasteiger charge is 2.24. The number of anilines is 1. The van der Waals surface area contributed by atoms with E-state index in [9.17, 15) is 10.2 Å². The Kier molecular flexibility index (Phi) is 4.63. The van der Waals surface area contributed by atoms with Gasteiger partial charge in [0.2, 0.25) is 5.95 Å². The van der Waals surface area contributed by atoms with Crippen LogP contribution < -0.4 is 5.32 Å². The van der Waals surface area contributed by atoms with E-state index >= 15 is 0 Å². The summed E-state index contributed by atoms with van der Waals surface area (Å²) in [5.41, 5.74) is 1.69. The number of aromatic hydroxyl groups is 1. The molecule has 2 unspecified atom stereocenters. The van der Waals surface area contributed by atoms with Gasteiger partial charge in [0.05, 0.1) is 17.8 Å². The minimum atomic E-state index is -0.382. The lowest BCUT2D eigenvalue weighted by molar-refractivity contribution is 0.116. The second-order valence-corrected chi connectivity index (χ2v) is 6.27. The third-order valence-corrected chi connectivity index (χ3v) is 4.36. The number of aliphatic hydroxyl groups excluding tert-OH is 1. The first-order chi connectivity index (χ1) is 11.0. The van der Waals surface area contributed by atoms with Crippen LogP contribution >= 0.6 is 11.6 Å². The number of phenols is 1. The highest BCUT2D eigenvalue weighted by atomic mass is 35.5. The van der Waals surface area contributed by atoms with Crippen molar-refractivity contribution in [1.29, 1.82) is 0 Å². The van der Waals surface area contributed by atoms with Crippen molar-refractivity contribution in [2.75, 3.05) is 5.32 Å². The fourth-order valence-corrected chi connectivity index (χ4v) is 3.03. The third-order valence-electron chi connectivity index (χ3n) is 4.12. The lowest BCUT2D eigenvalue weighted by Crippen LogP contribution is -2.37. The molecule has 6 nitrogen and oxygen atoms in total. The quantitative estimate of drug-likeness (QED) is 0.799. The number of phenolic OH excluding ortho intramolecular Hbond substituents is 1. The molecule has 1 saturated carbocycles. The predicted molar refractivity (Wildman–Crippen MR) is 88.6 cm³/mol. The zero-order valence-electron chi connectivity index (χ0n) is 12.8. The molecule has 1 aliphatic rings. The number of hydrogen-bond acceptors (Lipinski definition) is 6. The molecular formula is C16H19ClN4O2. The van der Waals surface area contributed by atoms with Crippen molar-refractivity contribution in [1.82, 2.24) is 15.2 Å². The first kappa shape index (κ1) is 16.0. The van der Waals surface area contributed by atoms with E-state index in [1.165, 1.54) is 6.07 Å². The minimum absolute atomic E-state index is 0.0418. The first-order valence-corrected chi connectivity index (χ1v) is 8.07. The molecule has 0 saturated heterocycles. The highest BCUT2D eigenvalue weighted by Crippen LogP contribution is 2.31. The number of nitrogens with zero attached hydrogens (tertiary/aromatic N) is 3. The summed E-state index contributed by atoms with van der Waals surface area (Å²) >= 11 is 5.85. The Balaban J connectivity index is 1.83. The minimum Gasteiger partial charge on any atom is -0.507 e. The molecule has 122 valence electrons. The normalized spacial score (nSPS) is 21.2. The Morgan fingerprint density at radius 1 is 1.22 bits per heavy atom. The monoisotopic (exact) mass is 334 g/mol. The van der Waals surface area contributed by atoms with Gasteiger partial charge in [0.15, 0.2) is 0 Å². The second-order valence-electron chi connectivity index (χ2n) is 5.83. The second kappa shape index (κ2) is 6.68. The number of nitrogens with one attached hydrogen (secondary N) is 1. The summed E-state index contributed by atoms with van der Waals surface area (Å²) in [6.07, 6.45) is 3.43. The first-order valence-electron chi connectivity index (χ1n) is 7.69. The van der Waals surface area contributed by atoms with Gasteiger partial charge in [-0.15, -0.1) is 10.2 Å². The zero-order valence-corrected chi connectivity index (χ0v) is 13.6. The summed E-state index contributed by atoms with van der Waals surface area (Å²) in [6.45, 7) is 1.81. The van der Waals surface area contributed by atoms with Gasteiger partial charge >= 0.3 is 0 Å². The number of aromatic nitrogens is 3. The van der Waals surface area contributed by atoms with Gasteiger partial charge in [-0.3, -0.25) is 0 Å². The van der Waals surface area contributed by atoms with Crippen molar-refractivity contribution >= 4 is 17.5 Å². The summed E-state index contributed by atoms with van der Waals surface area (Å²) in [7, 11) is 0. The van der Waals surface area contributed by atoms with Crippen LogP contribution in [0.3, 0.4) is 0 Å². The number of benzene rings is 1. The van der Waals surface area contributed by atoms with Crippen LogP contribution in [-0.2, 0) is 0 Å². The van der Waals surface area contributed by atoms with Crippen molar-refractivity contribution in [3.8, 4) is 17.0 Å². The van der Waals surface area contributed by atoms with Crippen molar-refractivity contribution in [2.24, 2.45) is 0 Å². The molecule has 1 fully saturated rings. The van der Waals surface area contributed by atoms with E-state index in [4.69, 9.17) is 11.6 Å². The van der Waals surface area contributed by atoms with E-state index in [0.717, 1.165) is 25.7 Å². The van der Waals surface area contributed by atoms with Gasteiger partial charge in [0.25, 0.3) is 0 Å². The molecule has 1 aliphatic carbocycles. The van der Waals surface area contributed by atoms with E-state index in [0.29, 0.717) is 27.9 Å². The fourth-order valence-electron chi connectivity index (χ4n) is 2.86. The molecule has 23 heavy (non-hydrogen) atoms. The van der Waals surface area contributed by atoms with Gasteiger partial charge in [0, 0.05) is 10.6 Å². The lowest BCUT2D eigenvalue weighted by Gasteiger charge is -2.28. The summed E-state index contributed by atoms with van der Waals surface area (Å²) in [6, 6.07) is 4.79. The molecule has 0 bridgehead atoms. The molecule has 1 heterocycles. The van der Waals surface area contributed by atoms with Gasteiger partial charge in [-0.2, -0.15) is 0 Å². The number of hydrogen-bond donors (Lipinski definition) is 3. The Labute approximate surface area is 139 Å². The molecule has 0 amide bonds. The molecule has 2 aromatic rings. The van der Waals surface area contributed by atoms with Gasteiger partial charge in [-0.1, -0.05) is 24.4 Å².